The summed E-state index contributed by atoms with van der Waals surface area (Å²) in [6.45, 7) is 12.3. The van der Waals surface area contributed by atoms with Crippen LogP contribution in [0, 0.1) is 0 Å². The maximum atomic E-state index is 6.27. The van der Waals surface area contributed by atoms with Crippen LogP contribution in [-0.4, -0.2) is 27.0 Å². The van der Waals surface area contributed by atoms with Crippen LogP contribution in [-0.2, 0) is 10.8 Å². The molecule has 126 valence electrons. The molecular formula is C19H29NO2Si. The number of aromatic nitrogens is 1. The topological polar surface area (TPSA) is 31.4 Å². The minimum absolute atomic E-state index is 0.265. The van der Waals surface area contributed by atoms with E-state index in [-0.39, 0.29) is 5.04 Å². The molecule has 3 nitrogen and oxygen atoms in total. The quantitative estimate of drug-likeness (QED) is 0.538. The fourth-order valence-corrected chi connectivity index (χ4v) is 3.40. The van der Waals surface area contributed by atoms with Gasteiger partial charge in [0.05, 0.1) is 12.6 Å². The van der Waals surface area contributed by atoms with Crippen molar-refractivity contribution in [2.24, 2.45) is 0 Å². The molecule has 0 radical (unpaired) electrons. The van der Waals surface area contributed by atoms with Crippen LogP contribution >= 0.6 is 0 Å². The SMILES string of the molecule is COc1ccc2cccc(CCCO[Si](C)(C)C(C)(C)C)c2n1. The molecule has 0 N–H and O–H groups in total. The van der Waals surface area contributed by atoms with Crippen molar-refractivity contribution in [2.45, 2.75) is 51.7 Å². The van der Waals surface area contributed by atoms with Gasteiger partial charge in [-0.3, -0.25) is 0 Å². The Bertz CT molecular complexity index is 662. The van der Waals surface area contributed by atoms with Gasteiger partial charge in [0, 0.05) is 18.1 Å². The first-order chi connectivity index (χ1) is 10.7. The number of para-hydroxylation sites is 1. The Morgan fingerprint density at radius 2 is 1.83 bits per heavy atom. The van der Waals surface area contributed by atoms with Gasteiger partial charge in [0.1, 0.15) is 0 Å². The van der Waals surface area contributed by atoms with E-state index in [0.717, 1.165) is 30.4 Å². The Morgan fingerprint density at radius 3 is 2.48 bits per heavy atom. The van der Waals surface area contributed by atoms with E-state index in [4.69, 9.17) is 9.16 Å². The molecule has 0 atom stereocenters. The zero-order chi connectivity index (χ0) is 17.1. The van der Waals surface area contributed by atoms with E-state index in [1.807, 2.05) is 6.07 Å². The van der Waals surface area contributed by atoms with E-state index in [1.165, 1.54) is 5.56 Å². The standard InChI is InChI=1S/C19H29NO2Si/c1-19(2,3)23(5,6)22-14-8-11-15-9-7-10-16-12-13-17(21-4)20-18(15)16/h7,9-10,12-13H,8,11,14H2,1-6H3. The molecule has 1 aromatic heterocycles. The van der Waals surface area contributed by atoms with E-state index in [1.54, 1.807) is 7.11 Å². The molecule has 0 bridgehead atoms. The molecule has 0 unspecified atom stereocenters. The van der Waals surface area contributed by atoms with Gasteiger partial charge < -0.3 is 9.16 Å². The summed E-state index contributed by atoms with van der Waals surface area (Å²) in [6.07, 6.45) is 2.00. The van der Waals surface area contributed by atoms with Crippen LogP contribution in [0.25, 0.3) is 10.9 Å². The summed E-state index contributed by atoms with van der Waals surface area (Å²) in [5.41, 5.74) is 2.31. The fourth-order valence-electron chi connectivity index (χ4n) is 2.31. The van der Waals surface area contributed by atoms with Gasteiger partial charge in [-0.2, -0.15) is 0 Å². The average molecular weight is 332 g/mol. The fraction of sp³-hybridized carbons (Fsp3) is 0.526. The molecule has 2 aromatic rings. The summed E-state index contributed by atoms with van der Waals surface area (Å²) in [4.78, 5) is 4.61. The van der Waals surface area contributed by atoms with Crippen molar-refractivity contribution in [1.82, 2.24) is 4.98 Å². The van der Waals surface area contributed by atoms with Crippen molar-refractivity contribution < 1.29 is 9.16 Å². The predicted molar refractivity (Wildman–Crippen MR) is 99.8 cm³/mol. The molecule has 0 amide bonds. The van der Waals surface area contributed by atoms with Crippen LogP contribution in [0.15, 0.2) is 30.3 Å². The maximum Gasteiger partial charge on any atom is 0.213 e. The van der Waals surface area contributed by atoms with Gasteiger partial charge in [-0.05, 0) is 42.6 Å². The summed E-state index contributed by atoms with van der Waals surface area (Å²) in [5, 5.41) is 1.43. The number of pyridine rings is 1. The largest absolute Gasteiger partial charge is 0.481 e. The number of ether oxygens (including phenoxy) is 1. The maximum absolute atomic E-state index is 6.27. The summed E-state index contributed by atoms with van der Waals surface area (Å²) >= 11 is 0. The molecule has 1 aromatic carbocycles. The van der Waals surface area contributed by atoms with E-state index in [9.17, 15) is 0 Å². The molecular weight excluding hydrogens is 302 g/mol. The van der Waals surface area contributed by atoms with Crippen molar-refractivity contribution in [3.63, 3.8) is 0 Å². The van der Waals surface area contributed by atoms with Crippen molar-refractivity contribution >= 4 is 19.2 Å². The molecule has 2 rings (SSSR count). The monoisotopic (exact) mass is 331 g/mol. The van der Waals surface area contributed by atoms with Gasteiger partial charge >= 0.3 is 0 Å². The molecule has 0 aliphatic carbocycles. The summed E-state index contributed by atoms with van der Waals surface area (Å²) in [7, 11) is 0.00946. The lowest BCUT2D eigenvalue weighted by molar-refractivity contribution is 0.282. The Morgan fingerprint density at radius 1 is 1.09 bits per heavy atom. The number of nitrogens with zero attached hydrogens (tertiary/aromatic N) is 1. The number of fused-ring (bicyclic) bond motifs is 1. The first-order valence-corrected chi connectivity index (χ1v) is 11.2. The zero-order valence-corrected chi connectivity index (χ0v) is 16.3. The van der Waals surface area contributed by atoms with Crippen molar-refractivity contribution in [3.8, 4) is 5.88 Å². The number of aryl methyl sites for hydroxylation is 1. The average Bonchev–Trinajstić information content (AvgIpc) is 2.50. The van der Waals surface area contributed by atoms with E-state index < -0.39 is 8.32 Å². The van der Waals surface area contributed by atoms with Crippen LogP contribution in [0.1, 0.15) is 32.8 Å². The lowest BCUT2D eigenvalue weighted by Gasteiger charge is -2.36. The number of methoxy groups -OCH3 is 1. The second-order valence-electron chi connectivity index (χ2n) is 7.55. The second kappa shape index (κ2) is 7.01. The minimum atomic E-state index is -1.65. The molecule has 0 saturated heterocycles. The van der Waals surface area contributed by atoms with Gasteiger partial charge in [0.2, 0.25) is 5.88 Å². The number of hydrogen-bond donors (Lipinski definition) is 0. The van der Waals surface area contributed by atoms with E-state index >= 15 is 0 Å². The second-order valence-corrected chi connectivity index (χ2v) is 12.4. The van der Waals surface area contributed by atoms with Crippen LogP contribution < -0.4 is 4.74 Å². The number of rotatable bonds is 6. The van der Waals surface area contributed by atoms with Gasteiger partial charge in [0.25, 0.3) is 0 Å². The highest BCUT2D eigenvalue weighted by Crippen LogP contribution is 2.36. The van der Waals surface area contributed by atoms with Crippen molar-refractivity contribution in [3.05, 3.63) is 35.9 Å². The molecule has 0 fully saturated rings. The normalized spacial score (nSPS) is 12.6. The minimum Gasteiger partial charge on any atom is -0.481 e. The Hall–Kier alpha value is -1.39. The Balaban J connectivity index is 2.03. The molecule has 0 spiro atoms. The lowest BCUT2D eigenvalue weighted by atomic mass is 10.1. The van der Waals surface area contributed by atoms with Gasteiger partial charge in [-0.15, -0.1) is 0 Å². The van der Waals surface area contributed by atoms with Gasteiger partial charge in [-0.25, -0.2) is 4.98 Å². The third kappa shape index (κ3) is 4.33. The van der Waals surface area contributed by atoms with Gasteiger partial charge in [-0.1, -0.05) is 39.0 Å². The lowest BCUT2D eigenvalue weighted by Crippen LogP contribution is -2.41. The highest BCUT2D eigenvalue weighted by Gasteiger charge is 2.36. The molecule has 0 aliphatic heterocycles. The van der Waals surface area contributed by atoms with E-state index in [2.05, 4.69) is 63.1 Å². The molecule has 0 saturated carbocycles. The van der Waals surface area contributed by atoms with Gasteiger partial charge in [0.15, 0.2) is 8.32 Å². The molecule has 23 heavy (non-hydrogen) atoms. The van der Waals surface area contributed by atoms with Crippen LogP contribution in [0.5, 0.6) is 5.88 Å². The first-order valence-electron chi connectivity index (χ1n) is 8.31. The summed E-state index contributed by atoms with van der Waals surface area (Å²) in [5.74, 6) is 0.669. The zero-order valence-electron chi connectivity index (χ0n) is 15.3. The number of benzene rings is 1. The highest BCUT2D eigenvalue weighted by molar-refractivity contribution is 6.74. The predicted octanol–water partition coefficient (Wildman–Crippen LogP) is 5.20. The number of hydrogen-bond acceptors (Lipinski definition) is 3. The molecule has 4 heteroatoms. The molecule has 1 heterocycles. The molecule has 0 aliphatic rings. The van der Waals surface area contributed by atoms with Crippen molar-refractivity contribution in [1.29, 1.82) is 0 Å². The van der Waals surface area contributed by atoms with E-state index in [0.29, 0.717) is 5.88 Å². The Kier molecular flexibility index (Phi) is 5.47. The third-order valence-corrected chi connectivity index (χ3v) is 9.39. The first kappa shape index (κ1) is 18.0. The van der Waals surface area contributed by atoms with Crippen LogP contribution in [0.4, 0.5) is 0 Å². The third-order valence-electron chi connectivity index (χ3n) is 4.85. The highest BCUT2D eigenvalue weighted by atomic mass is 28.4. The summed E-state index contributed by atoms with van der Waals surface area (Å²) < 4.78 is 11.5. The summed E-state index contributed by atoms with van der Waals surface area (Å²) in [6, 6.07) is 10.3. The smallest absolute Gasteiger partial charge is 0.213 e. The van der Waals surface area contributed by atoms with Crippen LogP contribution in [0.3, 0.4) is 0 Å². The van der Waals surface area contributed by atoms with Crippen LogP contribution in [0.2, 0.25) is 18.1 Å². The van der Waals surface area contributed by atoms with Crippen molar-refractivity contribution in [2.75, 3.05) is 13.7 Å². The Labute approximate surface area is 141 Å².